The van der Waals surface area contributed by atoms with Crippen LogP contribution in [0.2, 0.25) is 5.02 Å². The molecule has 166 valence electrons. The van der Waals surface area contributed by atoms with E-state index < -0.39 is 21.0 Å². The van der Waals surface area contributed by atoms with Gasteiger partial charge in [-0.05, 0) is 30.5 Å². The fourth-order valence-electron chi connectivity index (χ4n) is 3.68. The highest BCUT2D eigenvalue weighted by Crippen LogP contribution is 2.30. The third-order valence-electron chi connectivity index (χ3n) is 5.05. The number of anilines is 1. The first-order chi connectivity index (χ1) is 14.6. The zero-order valence-corrected chi connectivity index (χ0v) is 18.4. The molecule has 0 bridgehead atoms. The van der Waals surface area contributed by atoms with Crippen LogP contribution in [-0.4, -0.2) is 49.5 Å². The Hall–Kier alpha value is -2.53. The molecule has 0 spiro atoms. The summed E-state index contributed by atoms with van der Waals surface area (Å²) in [4.78, 5) is 25.7. The predicted molar refractivity (Wildman–Crippen MR) is 118 cm³/mol. The minimum atomic E-state index is -3.30. The van der Waals surface area contributed by atoms with Crippen LogP contribution in [0.25, 0.3) is 0 Å². The van der Waals surface area contributed by atoms with Crippen molar-refractivity contribution in [3.05, 3.63) is 69.2 Å². The Morgan fingerprint density at radius 3 is 2.42 bits per heavy atom. The fraction of sp³-hybridized carbons (Fsp3) is 0.350. The number of amides is 1. The number of halogens is 1. The molecule has 11 heteroatoms. The molecular weight excluding hydrogens is 444 g/mol. The summed E-state index contributed by atoms with van der Waals surface area (Å²) in [7, 11) is -3.30. The van der Waals surface area contributed by atoms with E-state index in [1.54, 1.807) is 0 Å². The van der Waals surface area contributed by atoms with Crippen LogP contribution in [0.3, 0.4) is 0 Å². The molecule has 0 radical (unpaired) electrons. The molecule has 31 heavy (non-hydrogen) atoms. The highest BCUT2D eigenvalue weighted by molar-refractivity contribution is 7.88. The van der Waals surface area contributed by atoms with E-state index in [1.165, 1.54) is 18.2 Å². The summed E-state index contributed by atoms with van der Waals surface area (Å²) in [6, 6.07) is 12.5. The molecule has 1 atom stereocenters. The van der Waals surface area contributed by atoms with E-state index >= 15 is 0 Å². The van der Waals surface area contributed by atoms with Gasteiger partial charge in [-0.3, -0.25) is 19.8 Å². The van der Waals surface area contributed by atoms with Crippen LogP contribution in [0.1, 0.15) is 24.4 Å². The van der Waals surface area contributed by atoms with Crippen molar-refractivity contribution >= 4 is 38.9 Å². The molecule has 1 fully saturated rings. The van der Waals surface area contributed by atoms with Gasteiger partial charge in [0.15, 0.2) is 0 Å². The third kappa shape index (κ3) is 6.23. The molecule has 2 N–H and O–H groups in total. The minimum absolute atomic E-state index is 0.0111. The van der Waals surface area contributed by atoms with E-state index in [0.29, 0.717) is 25.9 Å². The summed E-state index contributed by atoms with van der Waals surface area (Å²) >= 11 is 5.86. The molecule has 3 rings (SSSR count). The molecule has 0 saturated carbocycles. The van der Waals surface area contributed by atoms with Crippen molar-refractivity contribution in [2.75, 3.05) is 24.7 Å². The van der Waals surface area contributed by atoms with Gasteiger partial charge in [0.2, 0.25) is 15.9 Å². The summed E-state index contributed by atoms with van der Waals surface area (Å²) in [5.41, 5.74) is 0.761. The van der Waals surface area contributed by atoms with Gasteiger partial charge in [0.25, 0.3) is 5.69 Å². The van der Waals surface area contributed by atoms with Crippen molar-refractivity contribution in [3.8, 4) is 0 Å². The lowest BCUT2D eigenvalue weighted by molar-refractivity contribution is -0.384. The number of nitrogens with zero attached hydrogens (tertiary/aromatic N) is 2. The number of sulfonamides is 1. The van der Waals surface area contributed by atoms with Crippen molar-refractivity contribution < 1.29 is 18.1 Å². The van der Waals surface area contributed by atoms with E-state index in [0.717, 1.165) is 11.8 Å². The monoisotopic (exact) mass is 466 g/mol. The lowest BCUT2D eigenvalue weighted by Gasteiger charge is -2.37. The van der Waals surface area contributed by atoms with Crippen molar-refractivity contribution in [1.82, 2.24) is 9.62 Å². The standard InChI is InChI=1S/C20H23ClN4O5S/c1-31(29,30)23-15-9-11-24(12-10-15)19(14-5-3-2-4-6-14)20(26)22-16-7-8-17(21)18(13-16)25(27)28/h2-8,13,15,19,23H,9-12H2,1H3,(H,22,26)/t19-/m0/s1. The van der Waals surface area contributed by atoms with Gasteiger partial charge in [-0.15, -0.1) is 0 Å². The average molecular weight is 467 g/mol. The first-order valence-electron chi connectivity index (χ1n) is 9.65. The summed E-state index contributed by atoms with van der Waals surface area (Å²) in [5.74, 6) is -0.336. The molecule has 0 aliphatic carbocycles. The smallest absolute Gasteiger partial charge is 0.289 e. The molecule has 1 aliphatic heterocycles. The average Bonchev–Trinajstić information content (AvgIpc) is 2.70. The zero-order valence-electron chi connectivity index (χ0n) is 16.8. The molecule has 1 saturated heterocycles. The Morgan fingerprint density at radius 1 is 1.19 bits per heavy atom. The summed E-state index contributed by atoms with van der Waals surface area (Å²) in [6.07, 6.45) is 2.26. The van der Waals surface area contributed by atoms with Crippen LogP contribution in [0.5, 0.6) is 0 Å². The molecule has 1 heterocycles. The number of piperidine rings is 1. The van der Waals surface area contributed by atoms with E-state index in [2.05, 4.69) is 10.0 Å². The van der Waals surface area contributed by atoms with Crippen molar-refractivity contribution in [2.45, 2.75) is 24.9 Å². The minimum Gasteiger partial charge on any atom is -0.324 e. The first kappa shape index (κ1) is 23.1. The van der Waals surface area contributed by atoms with Gasteiger partial charge >= 0.3 is 0 Å². The largest absolute Gasteiger partial charge is 0.324 e. The maximum Gasteiger partial charge on any atom is 0.289 e. The maximum absolute atomic E-state index is 13.2. The van der Waals surface area contributed by atoms with Crippen LogP contribution in [0.4, 0.5) is 11.4 Å². The van der Waals surface area contributed by atoms with Crippen molar-refractivity contribution in [1.29, 1.82) is 0 Å². The van der Waals surface area contributed by atoms with Gasteiger partial charge < -0.3 is 5.32 Å². The number of carbonyl (C=O) groups is 1. The molecule has 9 nitrogen and oxygen atoms in total. The number of nitro groups is 1. The molecular formula is C20H23ClN4O5S. The second-order valence-electron chi connectivity index (χ2n) is 7.43. The number of rotatable bonds is 7. The lowest BCUT2D eigenvalue weighted by atomic mass is 9.99. The highest BCUT2D eigenvalue weighted by atomic mass is 35.5. The van der Waals surface area contributed by atoms with E-state index in [-0.39, 0.29) is 28.3 Å². The number of hydrogen-bond donors (Lipinski definition) is 2. The van der Waals surface area contributed by atoms with Crippen molar-refractivity contribution in [3.63, 3.8) is 0 Å². The highest BCUT2D eigenvalue weighted by Gasteiger charge is 2.32. The number of hydrogen-bond acceptors (Lipinski definition) is 6. The second-order valence-corrected chi connectivity index (χ2v) is 9.61. The number of likely N-dealkylation sites (tertiary alicyclic amines) is 1. The maximum atomic E-state index is 13.2. The van der Waals surface area contributed by atoms with Gasteiger partial charge in [0, 0.05) is 30.9 Å². The lowest BCUT2D eigenvalue weighted by Crippen LogP contribution is -2.47. The van der Waals surface area contributed by atoms with Crippen LogP contribution in [-0.2, 0) is 14.8 Å². The van der Waals surface area contributed by atoms with Crippen LogP contribution < -0.4 is 10.0 Å². The van der Waals surface area contributed by atoms with Crippen molar-refractivity contribution in [2.24, 2.45) is 0 Å². The SMILES string of the molecule is CS(=O)(=O)NC1CCN([C@H](C(=O)Nc2ccc(Cl)c([N+](=O)[O-])c2)c2ccccc2)CC1. The molecule has 2 aromatic rings. The normalized spacial score (nSPS) is 16.6. The fourth-order valence-corrected chi connectivity index (χ4v) is 4.71. The van der Waals surface area contributed by atoms with Crippen LogP contribution in [0.15, 0.2) is 48.5 Å². The predicted octanol–water partition coefficient (Wildman–Crippen LogP) is 2.94. The van der Waals surface area contributed by atoms with Gasteiger partial charge in [-0.1, -0.05) is 41.9 Å². The molecule has 1 aliphatic rings. The second kappa shape index (κ2) is 9.73. The van der Waals surface area contributed by atoms with E-state index in [1.807, 2.05) is 35.2 Å². The molecule has 1 amide bonds. The molecule has 0 aromatic heterocycles. The summed E-state index contributed by atoms with van der Waals surface area (Å²) in [5, 5.41) is 13.9. The van der Waals surface area contributed by atoms with Gasteiger partial charge in [-0.2, -0.15) is 0 Å². The summed E-state index contributed by atoms with van der Waals surface area (Å²) < 4.78 is 25.6. The Balaban J connectivity index is 1.80. The molecule has 2 aromatic carbocycles. The van der Waals surface area contributed by atoms with Gasteiger partial charge in [0.1, 0.15) is 11.1 Å². The van der Waals surface area contributed by atoms with Gasteiger partial charge in [0.05, 0.1) is 11.2 Å². The number of nitro benzene ring substituents is 1. The van der Waals surface area contributed by atoms with Crippen LogP contribution >= 0.6 is 11.6 Å². The first-order valence-corrected chi connectivity index (χ1v) is 11.9. The quantitative estimate of drug-likeness (QED) is 0.478. The Kier molecular flexibility index (Phi) is 7.26. The third-order valence-corrected chi connectivity index (χ3v) is 6.13. The van der Waals surface area contributed by atoms with Crippen LogP contribution in [0, 0.1) is 10.1 Å². The molecule has 0 unspecified atom stereocenters. The number of carbonyl (C=O) groups excluding carboxylic acids is 1. The zero-order chi connectivity index (χ0) is 22.6. The van der Waals surface area contributed by atoms with Gasteiger partial charge in [-0.25, -0.2) is 13.1 Å². The Labute approximate surface area is 185 Å². The van der Waals surface area contributed by atoms with E-state index in [9.17, 15) is 23.3 Å². The Morgan fingerprint density at radius 2 is 1.84 bits per heavy atom. The van der Waals surface area contributed by atoms with E-state index in [4.69, 9.17) is 11.6 Å². The Bertz CT molecular complexity index is 1060. The summed E-state index contributed by atoms with van der Waals surface area (Å²) in [6.45, 7) is 1.03. The topological polar surface area (TPSA) is 122 Å². The number of nitrogens with one attached hydrogen (secondary N) is 2. The number of benzene rings is 2.